The summed E-state index contributed by atoms with van der Waals surface area (Å²) in [4.78, 5) is 5.53. The van der Waals surface area contributed by atoms with Gasteiger partial charge in [0.1, 0.15) is 5.75 Å². The van der Waals surface area contributed by atoms with Crippen molar-refractivity contribution in [3.8, 4) is 5.75 Å². The highest BCUT2D eigenvalue weighted by atomic mass is 16.5. The Morgan fingerprint density at radius 3 is 2.70 bits per heavy atom. The first-order valence-electron chi connectivity index (χ1n) is 10.2. The van der Waals surface area contributed by atoms with Crippen molar-refractivity contribution in [1.29, 1.82) is 0 Å². The molecule has 2 bridgehead atoms. The Kier molecular flexibility index (Phi) is 4.25. The monoisotopic (exact) mass is 366 g/mol. The van der Waals surface area contributed by atoms with E-state index in [-0.39, 0.29) is 0 Å². The van der Waals surface area contributed by atoms with Gasteiger partial charge in [-0.3, -0.25) is 14.5 Å². The molecule has 0 saturated carbocycles. The third kappa shape index (κ3) is 2.79. The normalized spacial score (nSPS) is 32.6. The van der Waals surface area contributed by atoms with Crippen LogP contribution in [0.5, 0.6) is 5.75 Å². The van der Waals surface area contributed by atoms with Crippen LogP contribution in [0.3, 0.4) is 0 Å². The van der Waals surface area contributed by atoms with E-state index in [1.165, 1.54) is 42.8 Å². The summed E-state index contributed by atoms with van der Waals surface area (Å²) in [5, 5.41) is 4.47. The number of nitrogens with zero attached hydrogens (tertiary/aromatic N) is 4. The van der Waals surface area contributed by atoms with Crippen molar-refractivity contribution >= 4 is 0 Å². The molecule has 4 aliphatic heterocycles. The standard InChI is InChI=1S/C22H30N4O/c1-15-18(12-23-24(15)2)13-26-14-20(17-5-4-6-19(11-17)27-3)22-21(26)16-7-9-25(22)10-8-16/h4-6,11-12,16,20-22H,7-10,13-14H2,1-3H3/t20-,21-,22-/m1/s1. The van der Waals surface area contributed by atoms with Crippen LogP contribution in [0, 0.1) is 12.8 Å². The molecule has 0 amide bonds. The molecule has 0 spiro atoms. The van der Waals surface area contributed by atoms with Crippen molar-refractivity contribution in [2.24, 2.45) is 13.0 Å². The number of hydrogen-bond donors (Lipinski definition) is 0. The lowest BCUT2D eigenvalue weighted by Gasteiger charge is -2.51. The van der Waals surface area contributed by atoms with E-state index in [0.29, 0.717) is 18.0 Å². The summed E-state index contributed by atoms with van der Waals surface area (Å²) in [6.45, 7) is 6.87. The van der Waals surface area contributed by atoms with Crippen LogP contribution in [0.25, 0.3) is 0 Å². The number of likely N-dealkylation sites (tertiary alicyclic amines) is 1. The lowest BCUT2D eigenvalue weighted by Crippen LogP contribution is -2.59. The number of aryl methyl sites for hydroxylation is 1. The fraction of sp³-hybridized carbons (Fsp3) is 0.591. The summed E-state index contributed by atoms with van der Waals surface area (Å²) in [5.41, 5.74) is 4.10. The number of rotatable bonds is 4. The third-order valence-electron chi connectivity index (χ3n) is 7.33. The van der Waals surface area contributed by atoms with Gasteiger partial charge >= 0.3 is 0 Å². The molecule has 0 N–H and O–H groups in total. The van der Waals surface area contributed by atoms with E-state index in [0.717, 1.165) is 24.8 Å². The van der Waals surface area contributed by atoms with Gasteiger partial charge in [-0.25, -0.2) is 0 Å². The van der Waals surface area contributed by atoms with Gasteiger partial charge in [-0.1, -0.05) is 12.1 Å². The van der Waals surface area contributed by atoms with Crippen LogP contribution in [0.4, 0.5) is 0 Å². The van der Waals surface area contributed by atoms with Crippen molar-refractivity contribution in [3.63, 3.8) is 0 Å². The number of aromatic nitrogens is 2. The first kappa shape index (κ1) is 17.3. The topological polar surface area (TPSA) is 33.5 Å². The van der Waals surface area contributed by atoms with Gasteiger partial charge in [0.05, 0.1) is 13.3 Å². The van der Waals surface area contributed by atoms with Crippen LogP contribution in [0.2, 0.25) is 0 Å². The zero-order chi connectivity index (χ0) is 18.5. The highest BCUT2D eigenvalue weighted by Crippen LogP contribution is 2.47. The molecule has 5 heterocycles. The molecule has 6 rings (SSSR count). The highest BCUT2D eigenvalue weighted by Gasteiger charge is 2.53. The van der Waals surface area contributed by atoms with E-state index in [9.17, 15) is 0 Å². The largest absolute Gasteiger partial charge is 0.497 e. The van der Waals surface area contributed by atoms with Crippen molar-refractivity contribution in [1.82, 2.24) is 19.6 Å². The molecule has 4 fully saturated rings. The number of piperidine rings is 3. The van der Waals surface area contributed by atoms with E-state index in [4.69, 9.17) is 4.74 Å². The second-order valence-corrected chi connectivity index (χ2v) is 8.55. The predicted octanol–water partition coefficient (Wildman–Crippen LogP) is 2.80. The SMILES string of the molecule is COc1cccc([C@H]2CN(Cc3cnn(C)c3C)[C@@H]3C4CCN(CC4)[C@H]23)c1. The first-order valence-corrected chi connectivity index (χ1v) is 10.2. The molecule has 0 aliphatic carbocycles. The Morgan fingerprint density at radius 2 is 2.00 bits per heavy atom. The van der Waals surface area contributed by atoms with E-state index < -0.39 is 0 Å². The maximum absolute atomic E-state index is 5.52. The minimum atomic E-state index is 0.560. The summed E-state index contributed by atoms with van der Waals surface area (Å²) in [5.74, 6) is 2.37. The zero-order valence-corrected chi connectivity index (χ0v) is 16.6. The number of methoxy groups -OCH3 is 1. The van der Waals surface area contributed by atoms with Crippen molar-refractivity contribution in [3.05, 3.63) is 47.3 Å². The quantitative estimate of drug-likeness (QED) is 0.833. The Labute approximate surface area is 161 Å². The minimum absolute atomic E-state index is 0.560. The average Bonchev–Trinajstić information content (AvgIpc) is 3.26. The van der Waals surface area contributed by atoms with Crippen molar-refractivity contribution in [2.75, 3.05) is 26.7 Å². The molecular weight excluding hydrogens is 336 g/mol. The van der Waals surface area contributed by atoms with Gasteiger partial charge in [-0.15, -0.1) is 0 Å². The first-order chi connectivity index (χ1) is 13.2. The average molecular weight is 367 g/mol. The molecule has 4 saturated heterocycles. The minimum Gasteiger partial charge on any atom is -0.497 e. The molecule has 27 heavy (non-hydrogen) atoms. The van der Waals surface area contributed by atoms with Crippen LogP contribution in [0.1, 0.15) is 35.6 Å². The molecule has 5 nitrogen and oxygen atoms in total. The van der Waals surface area contributed by atoms with Crippen LogP contribution >= 0.6 is 0 Å². The molecule has 1 aromatic carbocycles. The fourth-order valence-corrected chi connectivity index (χ4v) is 5.81. The molecular formula is C22H30N4O. The van der Waals surface area contributed by atoms with E-state index in [2.05, 4.69) is 52.3 Å². The molecule has 2 aromatic rings. The highest BCUT2D eigenvalue weighted by molar-refractivity contribution is 5.34. The van der Waals surface area contributed by atoms with Gasteiger partial charge in [-0.2, -0.15) is 5.10 Å². The Balaban J connectivity index is 1.48. The summed E-state index contributed by atoms with van der Waals surface area (Å²) < 4.78 is 7.51. The van der Waals surface area contributed by atoms with E-state index >= 15 is 0 Å². The molecule has 5 heteroatoms. The maximum Gasteiger partial charge on any atom is 0.119 e. The van der Waals surface area contributed by atoms with Crippen LogP contribution in [-0.2, 0) is 13.6 Å². The fourth-order valence-electron chi connectivity index (χ4n) is 5.81. The molecule has 3 atom stereocenters. The van der Waals surface area contributed by atoms with Gasteiger partial charge in [-0.05, 0) is 56.5 Å². The second kappa shape index (κ2) is 6.64. The number of benzene rings is 1. The summed E-state index contributed by atoms with van der Waals surface area (Å²) in [7, 11) is 3.80. The Bertz CT molecular complexity index is 823. The molecule has 0 radical (unpaired) electrons. The molecule has 1 aromatic heterocycles. The van der Waals surface area contributed by atoms with Crippen molar-refractivity contribution in [2.45, 2.75) is 44.3 Å². The van der Waals surface area contributed by atoms with Gasteiger partial charge in [0.2, 0.25) is 0 Å². The summed E-state index contributed by atoms with van der Waals surface area (Å²) in [6, 6.07) is 10.1. The van der Waals surface area contributed by atoms with Gasteiger partial charge in [0.15, 0.2) is 0 Å². The van der Waals surface area contributed by atoms with Gasteiger partial charge < -0.3 is 4.74 Å². The lowest BCUT2D eigenvalue weighted by atomic mass is 9.75. The summed E-state index contributed by atoms with van der Waals surface area (Å²) >= 11 is 0. The van der Waals surface area contributed by atoms with E-state index in [1.807, 2.05) is 11.7 Å². The van der Waals surface area contributed by atoms with Gasteiger partial charge in [0, 0.05) is 49.4 Å². The number of ether oxygens (including phenoxy) is 1. The predicted molar refractivity (Wildman–Crippen MR) is 106 cm³/mol. The molecule has 144 valence electrons. The maximum atomic E-state index is 5.52. The zero-order valence-electron chi connectivity index (χ0n) is 16.6. The molecule has 4 aliphatic rings. The van der Waals surface area contributed by atoms with Crippen LogP contribution in [-0.4, -0.2) is 58.4 Å². The van der Waals surface area contributed by atoms with E-state index in [1.54, 1.807) is 7.11 Å². The van der Waals surface area contributed by atoms with Gasteiger partial charge in [0.25, 0.3) is 0 Å². The third-order valence-corrected chi connectivity index (χ3v) is 7.33. The van der Waals surface area contributed by atoms with Crippen LogP contribution < -0.4 is 4.74 Å². The smallest absolute Gasteiger partial charge is 0.119 e. The van der Waals surface area contributed by atoms with Crippen LogP contribution in [0.15, 0.2) is 30.5 Å². The Hall–Kier alpha value is -1.85. The lowest BCUT2D eigenvalue weighted by molar-refractivity contribution is -0.00874. The second-order valence-electron chi connectivity index (χ2n) is 8.55. The number of hydrogen-bond acceptors (Lipinski definition) is 4. The summed E-state index contributed by atoms with van der Waals surface area (Å²) in [6.07, 6.45) is 4.77. The van der Waals surface area contributed by atoms with Crippen molar-refractivity contribution < 1.29 is 4.74 Å². The molecule has 0 unspecified atom stereocenters. The Morgan fingerprint density at radius 1 is 1.19 bits per heavy atom. The number of fused-ring (bicyclic) bond motifs is 2.